The van der Waals surface area contributed by atoms with Crippen LogP contribution in [0.4, 0.5) is 0 Å². The van der Waals surface area contributed by atoms with Crippen molar-refractivity contribution in [2.24, 2.45) is 5.92 Å². The van der Waals surface area contributed by atoms with Gasteiger partial charge in [-0.2, -0.15) is 0 Å². The predicted molar refractivity (Wildman–Crippen MR) is 92.8 cm³/mol. The molecule has 2 rings (SSSR count). The fourth-order valence-electron chi connectivity index (χ4n) is 2.17. The highest BCUT2D eigenvalue weighted by Gasteiger charge is 2.16. The van der Waals surface area contributed by atoms with E-state index in [0.717, 1.165) is 25.2 Å². The van der Waals surface area contributed by atoms with Crippen LogP contribution in [-0.4, -0.2) is 11.5 Å². The van der Waals surface area contributed by atoms with Crippen LogP contribution >= 0.6 is 11.3 Å². The number of thiazole rings is 1. The van der Waals surface area contributed by atoms with E-state index in [1.54, 1.807) is 0 Å². The van der Waals surface area contributed by atoms with Crippen LogP contribution in [0.2, 0.25) is 0 Å². The fraction of sp³-hybridized carbons (Fsp3) is 0.500. The molecule has 0 spiro atoms. The standard InChI is InChI=1S/C18H26N2S/c1-5-14(4)18-20-17(15-9-7-6-8-10-15)16(21-18)12-19-11-13(2)3/h6-10,13-14,19H,5,11-12H2,1-4H3. The zero-order valence-electron chi connectivity index (χ0n) is 13.5. The lowest BCUT2D eigenvalue weighted by atomic mass is 10.1. The van der Waals surface area contributed by atoms with Crippen molar-refractivity contribution >= 4 is 11.3 Å². The Morgan fingerprint density at radius 2 is 1.86 bits per heavy atom. The molecule has 3 heteroatoms. The smallest absolute Gasteiger partial charge is 0.0964 e. The van der Waals surface area contributed by atoms with Gasteiger partial charge in [0.1, 0.15) is 0 Å². The number of nitrogens with zero attached hydrogens (tertiary/aromatic N) is 1. The van der Waals surface area contributed by atoms with Crippen LogP contribution in [0.15, 0.2) is 30.3 Å². The minimum atomic E-state index is 0.538. The molecule has 0 fully saturated rings. The van der Waals surface area contributed by atoms with Gasteiger partial charge in [0.05, 0.1) is 10.7 Å². The van der Waals surface area contributed by atoms with Crippen LogP contribution < -0.4 is 5.32 Å². The molecular weight excluding hydrogens is 276 g/mol. The Bertz CT molecular complexity index is 546. The molecule has 1 heterocycles. The van der Waals surface area contributed by atoms with E-state index < -0.39 is 0 Å². The fourth-order valence-corrected chi connectivity index (χ4v) is 3.36. The van der Waals surface area contributed by atoms with Crippen LogP contribution in [-0.2, 0) is 6.54 Å². The van der Waals surface area contributed by atoms with E-state index in [-0.39, 0.29) is 0 Å². The van der Waals surface area contributed by atoms with Gasteiger partial charge in [-0.25, -0.2) is 4.98 Å². The molecule has 1 unspecified atom stereocenters. The SMILES string of the molecule is CCC(C)c1nc(-c2ccccc2)c(CNCC(C)C)s1. The van der Waals surface area contributed by atoms with Crippen LogP contribution in [0.3, 0.4) is 0 Å². The van der Waals surface area contributed by atoms with Gasteiger partial charge in [-0.15, -0.1) is 11.3 Å². The first kappa shape index (κ1) is 16.2. The van der Waals surface area contributed by atoms with Crippen LogP contribution in [0.25, 0.3) is 11.3 Å². The quantitative estimate of drug-likeness (QED) is 0.772. The van der Waals surface area contributed by atoms with E-state index >= 15 is 0 Å². The Morgan fingerprint density at radius 3 is 2.48 bits per heavy atom. The molecule has 1 aromatic heterocycles. The second kappa shape index (κ2) is 7.71. The number of hydrogen-bond donors (Lipinski definition) is 1. The maximum absolute atomic E-state index is 4.93. The minimum absolute atomic E-state index is 0.538. The highest BCUT2D eigenvalue weighted by molar-refractivity contribution is 7.12. The molecule has 0 aliphatic rings. The molecule has 0 aliphatic carbocycles. The highest BCUT2D eigenvalue weighted by Crippen LogP contribution is 2.32. The maximum atomic E-state index is 4.93. The summed E-state index contributed by atoms with van der Waals surface area (Å²) < 4.78 is 0. The largest absolute Gasteiger partial charge is 0.312 e. The minimum Gasteiger partial charge on any atom is -0.312 e. The van der Waals surface area contributed by atoms with Crippen LogP contribution in [0.1, 0.15) is 49.9 Å². The third-order valence-corrected chi connectivity index (χ3v) is 4.92. The Hall–Kier alpha value is -1.19. The lowest BCUT2D eigenvalue weighted by Gasteiger charge is -2.07. The summed E-state index contributed by atoms with van der Waals surface area (Å²) in [7, 11) is 0. The van der Waals surface area contributed by atoms with Gasteiger partial charge in [0.25, 0.3) is 0 Å². The number of nitrogens with one attached hydrogen (secondary N) is 1. The summed E-state index contributed by atoms with van der Waals surface area (Å²) in [6.45, 7) is 10.9. The predicted octanol–water partition coefficient (Wildman–Crippen LogP) is 5.07. The molecule has 0 aliphatic heterocycles. The Balaban J connectivity index is 2.25. The number of aromatic nitrogens is 1. The summed E-state index contributed by atoms with van der Waals surface area (Å²) in [6.07, 6.45) is 1.14. The molecule has 2 nitrogen and oxygen atoms in total. The molecule has 114 valence electrons. The molecule has 0 bridgehead atoms. The maximum Gasteiger partial charge on any atom is 0.0964 e. The van der Waals surface area contributed by atoms with Crippen molar-refractivity contribution in [3.63, 3.8) is 0 Å². The van der Waals surface area contributed by atoms with Gasteiger partial charge in [-0.1, -0.05) is 58.0 Å². The first-order valence-electron chi connectivity index (χ1n) is 7.87. The molecule has 0 amide bonds. The van der Waals surface area contributed by atoms with Crippen molar-refractivity contribution in [2.45, 2.75) is 46.6 Å². The molecule has 0 saturated heterocycles. The molecular formula is C18H26N2S. The molecule has 0 saturated carbocycles. The topological polar surface area (TPSA) is 24.9 Å². The van der Waals surface area contributed by atoms with Crippen LogP contribution in [0.5, 0.6) is 0 Å². The van der Waals surface area contributed by atoms with Crippen molar-refractivity contribution < 1.29 is 0 Å². The lowest BCUT2D eigenvalue weighted by Crippen LogP contribution is -2.18. The molecule has 1 aromatic carbocycles. The number of rotatable bonds is 7. The third-order valence-electron chi connectivity index (χ3n) is 3.63. The summed E-state index contributed by atoms with van der Waals surface area (Å²) in [5.41, 5.74) is 2.39. The lowest BCUT2D eigenvalue weighted by molar-refractivity contribution is 0.555. The van der Waals surface area contributed by atoms with Crippen molar-refractivity contribution in [1.29, 1.82) is 0 Å². The van der Waals surface area contributed by atoms with E-state index in [1.165, 1.54) is 15.4 Å². The zero-order chi connectivity index (χ0) is 15.2. The third kappa shape index (κ3) is 4.39. The normalized spacial score (nSPS) is 12.8. The Morgan fingerprint density at radius 1 is 1.14 bits per heavy atom. The average molecular weight is 302 g/mol. The monoisotopic (exact) mass is 302 g/mol. The van der Waals surface area contributed by atoms with Crippen molar-refractivity contribution in [3.8, 4) is 11.3 Å². The summed E-state index contributed by atoms with van der Waals surface area (Å²) in [5.74, 6) is 1.21. The first-order chi connectivity index (χ1) is 10.1. The van der Waals surface area contributed by atoms with E-state index in [0.29, 0.717) is 11.8 Å². The van der Waals surface area contributed by atoms with Crippen molar-refractivity contribution in [1.82, 2.24) is 10.3 Å². The van der Waals surface area contributed by atoms with E-state index in [1.807, 2.05) is 11.3 Å². The van der Waals surface area contributed by atoms with Gasteiger partial charge in [0.15, 0.2) is 0 Å². The highest BCUT2D eigenvalue weighted by atomic mass is 32.1. The summed E-state index contributed by atoms with van der Waals surface area (Å²) >= 11 is 1.87. The number of hydrogen-bond acceptors (Lipinski definition) is 3. The van der Waals surface area contributed by atoms with Crippen molar-refractivity contribution in [2.75, 3.05) is 6.54 Å². The van der Waals surface area contributed by atoms with Gasteiger partial charge in [-0.05, 0) is 18.9 Å². The van der Waals surface area contributed by atoms with E-state index in [2.05, 4.69) is 63.3 Å². The van der Waals surface area contributed by atoms with Gasteiger partial charge < -0.3 is 5.32 Å². The van der Waals surface area contributed by atoms with Crippen LogP contribution in [0, 0.1) is 5.92 Å². The Labute approximate surface area is 132 Å². The van der Waals surface area contributed by atoms with Gasteiger partial charge in [-0.3, -0.25) is 0 Å². The molecule has 21 heavy (non-hydrogen) atoms. The van der Waals surface area contributed by atoms with Gasteiger partial charge in [0.2, 0.25) is 0 Å². The van der Waals surface area contributed by atoms with E-state index in [9.17, 15) is 0 Å². The molecule has 1 N–H and O–H groups in total. The molecule has 0 radical (unpaired) electrons. The summed E-state index contributed by atoms with van der Waals surface area (Å²) in [5, 5.41) is 4.81. The molecule has 2 aromatic rings. The molecule has 1 atom stereocenters. The zero-order valence-corrected chi connectivity index (χ0v) is 14.3. The second-order valence-electron chi connectivity index (χ2n) is 6.02. The van der Waals surface area contributed by atoms with Gasteiger partial charge in [0, 0.05) is 22.9 Å². The summed E-state index contributed by atoms with van der Waals surface area (Å²) in [6, 6.07) is 10.5. The first-order valence-corrected chi connectivity index (χ1v) is 8.69. The van der Waals surface area contributed by atoms with E-state index in [4.69, 9.17) is 4.98 Å². The van der Waals surface area contributed by atoms with Gasteiger partial charge >= 0.3 is 0 Å². The second-order valence-corrected chi connectivity index (χ2v) is 7.14. The summed E-state index contributed by atoms with van der Waals surface area (Å²) in [4.78, 5) is 6.29. The number of benzene rings is 1. The average Bonchev–Trinajstić information content (AvgIpc) is 2.91. The van der Waals surface area contributed by atoms with Crippen molar-refractivity contribution in [3.05, 3.63) is 40.2 Å². The Kier molecular flexibility index (Phi) is 5.95.